The number of ether oxygens (including phenoxy) is 1. The van der Waals surface area contributed by atoms with E-state index in [1.165, 1.54) is 7.11 Å². The third-order valence-electron chi connectivity index (χ3n) is 1.84. The fourth-order valence-corrected chi connectivity index (χ4v) is 1.44. The van der Waals surface area contributed by atoms with Crippen LogP contribution in [0, 0.1) is 16.2 Å². The first-order valence-electron chi connectivity index (χ1n) is 3.85. The number of aromatic nitrogens is 1. The molecule has 1 aromatic heterocycles. The zero-order chi connectivity index (χ0) is 10.1. The van der Waals surface area contributed by atoms with Gasteiger partial charge in [0.15, 0.2) is 11.3 Å². The van der Waals surface area contributed by atoms with E-state index in [0.717, 1.165) is 0 Å². The average molecular weight is 206 g/mol. The summed E-state index contributed by atoms with van der Waals surface area (Å²) in [5, 5.41) is 8.75. The minimum Gasteiger partial charge on any atom is -0.493 e. The number of methoxy groups -OCH3 is 1. The van der Waals surface area contributed by atoms with Gasteiger partial charge in [-0.1, -0.05) is 0 Å². The predicted molar refractivity (Wildman–Crippen MR) is 52.7 cm³/mol. The summed E-state index contributed by atoms with van der Waals surface area (Å²) >= 11 is 4.84. The number of nitrogens with zero attached hydrogens (tertiary/aromatic N) is 1. The molecule has 1 aromatic carbocycles. The maximum Gasteiger partial charge on any atom is 0.267 e. The predicted octanol–water partition coefficient (Wildman–Crippen LogP) is 2.37. The van der Waals surface area contributed by atoms with E-state index in [2.05, 4.69) is 4.98 Å². The van der Waals surface area contributed by atoms with E-state index in [-0.39, 0.29) is 4.84 Å². The van der Waals surface area contributed by atoms with Gasteiger partial charge < -0.3 is 14.1 Å². The number of fused-ring (bicyclic) bond motifs is 1. The number of hydrogen-bond donors (Lipinski definition) is 1. The third-order valence-corrected chi connectivity index (χ3v) is 2.02. The molecule has 5 heteroatoms. The highest BCUT2D eigenvalue weighted by Gasteiger charge is 2.08. The minimum absolute atomic E-state index is 0.272. The Morgan fingerprint density at radius 2 is 2.36 bits per heavy atom. The second kappa shape index (κ2) is 3.16. The minimum atomic E-state index is 0.272. The van der Waals surface area contributed by atoms with Gasteiger partial charge in [-0.25, -0.2) is 0 Å². The molecular formula is C9H6N2O2S. The molecule has 0 bridgehead atoms. The van der Waals surface area contributed by atoms with Crippen LogP contribution in [0.5, 0.6) is 5.75 Å². The van der Waals surface area contributed by atoms with Gasteiger partial charge in [0.05, 0.1) is 24.3 Å². The summed E-state index contributed by atoms with van der Waals surface area (Å²) in [4.78, 5) is 3.10. The molecule has 1 N–H and O–H groups in total. The van der Waals surface area contributed by atoms with Gasteiger partial charge in [-0.05, 0) is 18.3 Å². The molecule has 0 aliphatic heterocycles. The van der Waals surface area contributed by atoms with E-state index >= 15 is 0 Å². The highest BCUT2D eigenvalue weighted by molar-refractivity contribution is 7.71. The summed E-state index contributed by atoms with van der Waals surface area (Å²) in [7, 11) is 1.52. The first-order chi connectivity index (χ1) is 6.74. The topological polar surface area (TPSA) is 61.9 Å². The van der Waals surface area contributed by atoms with Crippen LogP contribution in [0.25, 0.3) is 11.1 Å². The van der Waals surface area contributed by atoms with Crippen molar-refractivity contribution in [1.82, 2.24) is 4.98 Å². The molecule has 1 heterocycles. The lowest BCUT2D eigenvalue weighted by Crippen LogP contribution is -1.85. The molecule has 0 atom stereocenters. The number of hydrogen-bond acceptors (Lipinski definition) is 4. The molecule has 0 amide bonds. The lowest BCUT2D eigenvalue weighted by Gasteiger charge is -1.99. The Hall–Kier alpha value is -1.80. The van der Waals surface area contributed by atoms with E-state index in [1.807, 2.05) is 6.07 Å². The third kappa shape index (κ3) is 1.26. The second-order valence-electron chi connectivity index (χ2n) is 2.68. The molecule has 0 fully saturated rings. The van der Waals surface area contributed by atoms with Crippen LogP contribution >= 0.6 is 12.2 Å². The first-order valence-corrected chi connectivity index (χ1v) is 4.26. The Labute approximate surface area is 84.7 Å². The molecular weight excluding hydrogens is 200 g/mol. The molecule has 2 aromatic rings. The van der Waals surface area contributed by atoms with E-state index < -0.39 is 0 Å². The molecule has 0 spiro atoms. The van der Waals surface area contributed by atoms with E-state index in [1.54, 1.807) is 12.1 Å². The average Bonchev–Trinajstić information content (AvgIpc) is 2.56. The van der Waals surface area contributed by atoms with E-state index in [9.17, 15) is 0 Å². The smallest absolute Gasteiger partial charge is 0.267 e. The van der Waals surface area contributed by atoms with Crippen LogP contribution in [0.1, 0.15) is 5.56 Å². The van der Waals surface area contributed by atoms with Crippen molar-refractivity contribution >= 4 is 23.3 Å². The van der Waals surface area contributed by atoms with E-state index in [0.29, 0.717) is 22.4 Å². The molecule has 0 unspecified atom stereocenters. The highest BCUT2D eigenvalue weighted by atomic mass is 32.1. The number of nitrogens with one attached hydrogen (secondary N) is 1. The summed E-state index contributed by atoms with van der Waals surface area (Å²) in [5.41, 5.74) is 1.71. The number of oxazole rings is 1. The van der Waals surface area contributed by atoms with Crippen LogP contribution in [0.2, 0.25) is 0 Å². The molecule has 4 nitrogen and oxygen atoms in total. The molecule has 0 saturated heterocycles. The standard InChI is InChI=1S/C9H6N2O2S/c1-12-7-3-5(4-10)2-6-8(7)13-9(14)11-6/h2-3H,1H3,(H,11,14). The van der Waals surface area contributed by atoms with Crippen molar-refractivity contribution in [2.24, 2.45) is 0 Å². The van der Waals surface area contributed by atoms with E-state index in [4.69, 9.17) is 26.6 Å². The fourth-order valence-electron chi connectivity index (χ4n) is 1.24. The second-order valence-corrected chi connectivity index (χ2v) is 3.05. The summed E-state index contributed by atoms with van der Waals surface area (Å²) in [5.74, 6) is 0.506. The van der Waals surface area contributed by atoms with Gasteiger partial charge in [0, 0.05) is 6.07 Å². The summed E-state index contributed by atoms with van der Waals surface area (Å²) < 4.78 is 10.3. The Morgan fingerprint density at radius 3 is 3.00 bits per heavy atom. The molecule has 0 aliphatic rings. The number of rotatable bonds is 1. The summed E-state index contributed by atoms with van der Waals surface area (Å²) in [6, 6.07) is 5.30. The molecule has 0 radical (unpaired) electrons. The monoisotopic (exact) mass is 206 g/mol. The van der Waals surface area contributed by atoms with Crippen molar-refractivity contribution < 1.29 is 9.15 Å². The molecule has 0 saturated carbocycles. The van der Waals surface area contributed by atoms with Crippen molar-refractivity contribution in [2.75, 3.05) is 7.11 Å². The van der Waals surface area contributed by atoms with Crippen molar-refractivity contribution in [2.45, 2.75) is 0 Å². The van der Waals surface area contributed by atoms with Crippen LogP contribution in [0.4, 0.5) is 0 Å². The quantitative estimate of drug-likeness (QED) is 0.727. The number of H-pyrrole nitrogens is 1. The fraction of sp³-hybridized carbons (Fsp3) is 0.111. The molecule has 0 aliphatic carbocycles. The van der Waals surface area contributed by atoms with Crippen LogP contribution < -0.4 is 4.74 Å². The number of nitriles is 1. The van der Waals surface area contributed by atoms with Crippen molar-refractivity contribution in [3.63, 3.8) is 0 Å². The normalized spacial score (nSPS) is 10.0. The SMILES string of the molecule is COc1cc(C#N)cc2[nH]c(=S)oc12. The van der Waals surface area contributed by atoms with Crippen LogP contribution in [0.3, 0.4) is 0 Å². The zero-order valence-electron chi connectivity index (χ0n) is 7.33. The lowest BCUT2D eigenvalue weighted by atomic mass is 10.2. The lowest BCUT2D eigenvalue weighted by molar-refractivity contribution is 0.409. The first kappa shape index (κ1) is 8.78. The Balaban J connectivity index is 2.87. The number of aromatic amines is 1. The Morgan fingerprint density at radius 1 is 1.57 bits per heavy atom. The van der Waals surface area contributed by atoms with Gasteiger partial charge >= 0.3 is 0 Å². The van der Waals surface area contributed by atoms with Crippen molar-refractivity contribution in [3.05, 3.63) is 22.5 Å². The maximum absolute atomic E-state index is 8.75. The summed E-state index contributed by atoms with van der Waals surface area (Å²) in [6.45, 7) is 0. The van der Waals surface area contributed by atoms with Crippen LogP contribution in [-0.2, 0) is 0 Å². The maximum atomic E-state index is 8.75. The van der Waals surface area contributed by atoms with Crippen molar-refractivity contribution in [1.29, 1.82) is 5.26 Å². The summed E-state index contributed by atoms with van der Waals surface area (Å²) in [6.07, 6.45) is 0. The van der Waals surface area contributed by atoms with Gasteiger partial charge in [-0.15, -0.1) is 0 Å². The largest absolute Gasteiger partial charge is 0.493 e. The van der Waals surface area contributed by atoms with Gasteiger partial charge in [-0.3, -0.25) is 0 Å². The Bertz CT molecular complexity index is 576. The van der Waals surface area contributed by atoms with Gasteiger partial charge in [0.2, 0.25) is 0 Å². The number of benzene rings is 1. The van der Waals surface area contributed by atoms with Gasteiger partial charge in [0.1, 0.15) is 0 Å². The van der Waals surface area contributed by atoms with Crippen LogP contribution in [0.15, 0.2) is 16.5 Å². The molecule has 70 valence electrons. The van der Waals surface area contributed by atoms with Crippen LogP contribution in [-0.4, -0.2) is 12.1 Å². The molecule has 2 rings (SSSR count). The molecule has 14 heavy (non-hydrogen) atoms. The Kier molecular flexibility index (Phi) is 1.98. The zero-order valence-corrected chi connectivity index (χ0v) is 8.14. The van der Waals surface area contributed by atoms with Gasteiger partial charge in [0.25, 0.3) is 4.84 Å². The highest BCUT2D eigenvalue weighted by Crippen LogP contribution is 2.26. The van der Waals surface area contributed by atoms with Gasteiger partial charge in [-0.2, -0.15) is 5.26 Å². The van der Waals surface area contributed by atoms with Crippen molar-refractivity contribution in [3.8, 4) is 11.8 Å².